The first kappa shape index (κ1) is 12.5. The first-order chi connectivity index (χ1) is 8.01. The maximum Gasteiger partial charge on any atom is 0.259 e. The summed E-state index contributed by atoms with van der Waals surface area (Å²) in [6.07, 6.45) is 4.74. The number of hydrogen-bond donors (Lipinski definition) is 2. The molecule has 0 amide bonds. The van der Waals surface area contributed by atoms with Gasteiger partial charge in [-0.25, -0.2) is 18.1 Å². The van der Waals surface area contributed by atoms with E-state index in [-0.39, 0.29) is 23.6 Å². The highest BCUT2D eigenvalue weighted by Crippen LogP contribution is 2.44. The summed E-state index contributed by atoms with van der Waals surface area (Å²) in [5.74, 6) is 0. The van der Waals surface area contributed by atoms with Crippen LogP contribution >= 0.6 is 0 Å². The Labute approximate surface area is 101 Å². The zero-order valence-electron chi connectivity index (χ0n) is 9.76. The van der Waals surface area contributed by atoms with Crippen LogP contribution in [0.2, 0.25) is 0 Å². The summed E-state index contributed by atoms with van der Waals surface area (Å²) < 4.78 is 28.0. The molecule has 0 bridgehead atoms. The topological polar surface area (TPSA) is 84.2 Å². The van der Waals surface area contributed by atoms with Gasteiger partial charge >= 0.3 is 0 Å². The lowest BCUT2D eigenvalue weighted by molar-refractivity contribution is 0.213. The van der Waals surface area contributed by atoms with Gasteiger partial charge in [-0.3, -0.25) is 0 Å². The average Bonchev–Trinajstić information content (AvgIpc) is 2.94. The second kappa shape index (κ2) is 4.40. The van der Waals surface area contributed by atoms with Crippen LogP contribution in [0.25, 0.3) is 0 Å². The maximum atomic E-state index is 11.9. The molecule has 2 rings (SSSR count). The molecule has 1 aliphatic rings. The number of imidazole rings is 1. The molecule has 0 aromatic carbocycles. The average molecular weight is 259 g/mol. The molecule has 0 saturated heterocycles. The molecule has 1 fully saturated rings. The van der Waals surface area contributed by atoms with E-state index in [4.69, 9.17) is 5.11 Å². The van der Waals surface area contributed by atoms with E-state index >= 15 is 0 Å². The largest absolute Gasteiger partial charge is 0.396 e. The minimum absolute atomic E-state index is 0.0267. The van der Waals surface area contributed by atoms with Crippen molar-refractivity contribution in [2.75, 3.05) is 13.2 Å². The molecule has 0 atom stereocenters. The molecular formula is C10H17N3O3S. The molecule has 7 heteroatoms. The zero-order valence-corrected chi connectivity index (χ0v) is 10.6. The summed E-state index contributed by atoms with van der Waals surface area (Å²) in [6.45, 7) is 2.91. The van der Waals surface area contributed by atoms with Gasteiger partial charge in [-0.05, 0) is 19.8 Å². The molecule has 0 aliphatic heterocycles. The number of rotatable bonds is 6. The minimum atomic E-state index is -3.55. The molecule has 1 saturated carbocycles. The molecule has 1 aliphatic carbocycles. The number of aliphatic hydroxyl groups is 1. The van der Waals surface area contributed by atoms with Crippen molar-refractivity contribution in [3.05, 3.63) is 12.5 Å². The molecule has 0 unspecified atom stereocenters. The number of aryl methyl sites for hydroxylation is 1. The summed E-state index contributed by atoms with van der Waals surface area (Å²) >= 11 is 0. The van der Waals surface area contributed by atoms with E-state index in [1.165, 1.54) is 12.5 Å². The first-order valence-corrected chi connectivity index (χ1v) is 7.12. The Morgan fingerprint density at radius 3 is 2.76 bits per heavy atom. The Kier molecular flexibility index (Phi) is 3.24. The number of nitrogens with zero attached hydrogens (tertiary/aromatic N) is 2. The highest BCUT2D eigenvalue weighted by molar-refractivity contribution is 7.89. The molecule has 1 heterocycles. The van der Waals surface area contributed by atoms with Gasteiger partial charge in [0, 0.05) is 31.3 Å². The van der Waals surface area contributed by atoms with Crippen molar-refractivity contribution in [2.45, 2.75) is 31.3 Å². The van der Waals surface area contributed by atoms with Crippen molar-refractivity contribution in [2.24, 2.45) is 5.41 Å². The Balaban J connectivity index is 2.03. The van der Waals surface area contributed by atoms with E-state index in [1.807, 2.05) is 6.92 Å². The third-order valence-electron chi connectivity index (χ3n) is 3.18. The SMILES string of the molecule is CCn1cnc(S(=O)(=O)NCC2(CO)CC2)c1. The van der Waals surface area contributed by atoms with Gasteiger partial charge in [-0.15, -0.1) is 0 Å². The molecule has 0 radical (unpaired) electrons. The van der Waals surface area contributed by atoms with Crippen LogP contribution in [-0.4, -0.2) is 36.2 Å². The van der Waals surface area contributed by atoms with E-state index in [0.29, 0.717) is 6.54 Å². The molecule has 1 aromatic heterocycles. The van der Waals surface area contributed by atoms with Gasteiger partial charge in [-0.2, -0.15) is 0 Å². The fourth-order valence-corrected chi connectivity index (χ4v) is 2.65. The van der Waals surface area contributed by atoms with Crippen molar-refractivity contribution >= 4 is 10.0 Å². The predicted octanol–water partition coefficient (Wildman–Crippen LogP) is -0.0462. The van der Waals surface area contributed by atoms with Crippen molar-refractivity contribution in [1.82, 2.24) is 14.3 Å². The molecule has 6 nitrogen and oxygen atoms in total. The lowest BCUT2D eigenvalue weighted by Gasteiger charge is -2.11. The van der Waals surface area contributed by atoms with E-state index in [2.05, 4.69) is 9.71 Å². The van der Waals surface area contributed by atoms with Gasteiger partial charge in [0.1, 0.15) is 0 Å². The number of aliphatic hydroxyl groups excluding tert-OH is 1. The molecular weight excluding hydrogens is 242 g/mol. The smallest absolute Gasteiger partial charge is 0.259 e. The van der Waals surface area contributed by atoms with E-state index < -0.39 is 10.0 Å². The quantitative estimate of drug-likeness (QED) is 0.750. The normalized spacial score (nSPS) is 18.2. The highest BCUT2D eigenvalue weighted by atomic mass is 32.2. The third-order valence-corrected chi connectivity index (χ3v) is 4.47. The number of sulfonamides is 1. The van der Waals surface area contributed by atoms with Crippen LogP contribution in [-0.2, 0) is 16.6 Å². The Morgan fingerprint density at radius 1 is 1.59 bits per heavy atom. The Morgan fingerprint density at radius 2 is 2.29 bits per heavy atom. The van der Waals surface area contributed by atoms with Crippen LogP contribution in [0.15, 0.2) is 17.6 Å². The van der Waals surface area contributed by atoms with Crippen LogP contribution in [0.4, 0.5) is 0 Å². The lowest BCUT2D eigenvalue weighted by atomic mass is 10.1. The van der Waals surface area contributed by atoms with Crippen molar-refractivity contribution < 1.29 is 13.5 Å². The molecule has 0 spiro atoms. The Hall–Kier alpha value is -0.920. The third kappa shape index (κ3) is 2.67. The monoisotopic (exact) mass is 259 g/mol. The molecule has 96 valence electrons. The molecule has 17 heavy (non-hydrogen) atoms. The van der Waals surface area contributed by atoms with Crippen molar-refractivity contribution in [1.29, 1.82) is 0 Å². The highest BCUT2D eigenvalue weighted by Gasteiger charge is 2.42. The van der Waals surface area contributed by atoms with Crippen LogP contribution in [0, 0.1) is 5.41 Å². The van der Waals surface area contributed by atoms with E-state index in [0.717, 1.165) is 12.8 Å². The molecule has 2 N–H and O–H groups in total. The van der Waals surface area contributed by atoms with E-state index in [9.17, 15) is 8.42 Å². The van der Waals surface area contributed by atoms with Gasteiger partial charge in [0.05, 0.1) is 6.33 Å². The van der Waals surface area contributed by atoms with Crippen LogP contribution in [0.1, 0.15) is 19.8 Å². The van der Waals surface area contributed by atoms with Crippen LogP contribution in [0.5, 0.6) is 0 Å². The van der Waals surface area contributed by atoms with Gasteiger partial charge in [-0.1, -0.05) is 0 Å². The zero-order chi connectivity index (χ0) is 12.5. The fourth-order valence-electron chi connectivity index (χ4n) is 1.54. The van der Waals surface area contributed by atoms with Gasteiger partial charge in [0.25, 0.3) is 10.0 Å². The molecule has 1 aromatic rings. The standard InChI is InChI=1S/C10H17N3O3S/c1-2-13-5-9(11-8-13)17(15,16)12-6-10(7-14)3-4-10/h5,8,12,14H,2-4,6-7H2,1H3. The van der Waals surface area contributed by atoms with Crippen LogP contribution in [0.3, 0.4) is 0 Å². The van der Waals surface area contributed by atoms with Crippen molar-refractivity contribution in [3.63, 3.8) is 0 Å². The minimum Gasteiger partial charge on any atom is -0.396 e. The van der Waals surface area contributed by atoms with Gasteiger partial charge in [0.2, 0.25) is 0 Å². The second-order valence-electron chi connectivity index (χ2n) is 4.53. The number of aromatic nitrogens is 2. The van der Waals surface area contributed by atoms with Gasteiger partial charge < -0.3 is 9.67 Å². The second-order valence-corrected chi connectivity index (χ2v) is 6.24. The van der Waals surface area contributed by atoms with Crippen molar-refractivity contribution in [3.8, 4) is 0 Å². The predicted molar refractivity (Wildman–Crippen MR) is 61.8 cm³/mol. The number of nitrogens with one attached hydrogen (secondary N) is 1. The Bertz CT molecular complexity index is 491. The van der Waals surface area contributed by atoms with E-state index in [1.54, 1.807) is 4.57 Å². The lowest BCUT2D eigenvalue weighted by Crippen LogP contribution is -2.32. The number of hydrogen-bond acceptors (Lipinski definition) is 4. The summed E-state index contributed by atoms with van der Waals surface area (Å²) in [7, 11) is -3.55. The van der Waals surface area contributed by atoms with Gasteiger partial charge in [0.15, 0.2) is 5.03 Å². The first-order valence-electron chi connectivity index (χ1n) is 5.64. The van der Waals surface area contributed by atoms with Crippen LogP contribution < -0.4 is 4.72 Å². The summed E-state index contributed by atoms with van der Waals surface area (Å²) in [4.78, 5) is 3.86. The summed E-state index contributed by atoms with van der Waals surface area (Å²) in [6, 6.07) is 0. The maximum absolute atomic E-state index is 11.9. The summed E-state index contributed by atoms with van der Waals surface area (Å²) in [5, 5.41) is 9.15. The fraction of sp³-hybridized carbons (Fsp3) is 0.700. The summed E-state index contributed by atoms with van der Waals surface area (Å²) in [5.41, 5.74) is -0.236.